The van der Waals surface area contributed by atoms with E-state index in [0.29, 0.717) is 11.6 Å². The molecule has 20 heavy (non-hydrogen) atoms. The number of thiazole rings is 1. The summed E-state index contributed by atoms with van der Waals surface area (Å²) in [7, 11) is -3.04. The van der Waals surface area contributed by atoms with E-state index in [4.69, 9.17) is 0 Å². The van der Waals surface area contributed by atoms with E-state index in [1.54, 1.807) is 11.3 Å². The smallest absolute Gasteiger partial charge is 0.230 e. The van der Waals surface area contributed by atoms with Crippen molar-refractivity contribution in [1.82, 2.24) is 4.98 Å². The maximum Gasteiger partial charge on any atom is 0.230 e. The van der Waals surface area contributed by atoms with Crippen LogP contribution in [0, 0.1) is 5.92 Å². The number of thiophene rings is 1. The monoisotopic (exact) mass is 328 g/mol. The molecule has 3 heterocycles. The summed E-state index contributed by atoms with van der Waals surface area (Å²) in [4.78, 5) is 17.4. The fourth-order valence-corrected chi connectivity index (χ4v) is 5.29. The van der Waals surface area contributed by atoms with Crippen molar-refractivity contribution in [3.8, 4) is 10.6 Å². The van der Waals surface area contributed by atoms with E-state index >= 15 is 0 Å². The van der Waals surface area contributed by atoms with Gasteiger partial charge in [-0.3, -0.25) is 4.79 Å². The summed E-state index contributed by atoms with van der Waals surface area (Å²) >= 11 is 2.93. The highest BCUT2D eigenvalue weighted by molar-refractivity contribution is 7.91. The number of nitrogens with one attached hydrogen (secondary N) is 1. The van der Waals surface area contributed by atoms with Crippen LogP contribution in [0.15, 0.2) is 22.9 Å². The summed E-state index contributed by atoms with van der Waals surface area (Å²) in [6.45, 7) is 0. The van der Waals surface area contributed by atoms with Crippen molar-refractivity contribution >= 4 is 43.5 Å². The van der Waals surface area contributed by atoms with Gasteiger partial charge in [-0.05, 0) is 17.9 Å². The number of sulfone groups is 1. The summed E-state index contributed by atoms with van der Waals surface area (Å²) in [5.41, 5.74) is 0.833. The highest BCUT2D eigenvalue weighted by Crippen LogP contribution is 2.29. The normalized spacial score (nSPS) is 20.9. The van der Waals surface area contributed by atoms with E-state index in [-0.39, 0.29) is 17.4 Å². The van der Waals surface area contributed by atoms with Crippen LogP contribution >= 0.6 is 22.7 Å². The third kappa shape index (κ3) is 2.92. The summed E-state index contributed by atoms with van der Waals surface area (Å²) < 4.78 is 22.7. The van der Waals surface area contributed by atoms with Gasteiger partial charge in [-0.25, -0.2) is 13.4 Å². The maximum absolute atomic E-state index is 12.0. The molecule has 1 amide bonds. The van der Waals surface area contributed by atoms with Crippen LogP contribution in [0.25, 0.3) is 10.6 Å². The first-order valence-electron chi connectivity index (χ1n) is 6.04. The fourth-order valence-electron chi connectivity index (χ4n) is 2.08. The molecule has 1 aliphatic heterocycles. The number of rotatable bonds is 3. The number of hydrogen-bond donors (Lipinski definition) is 1. The molecule has 0 bridgehead atoms. The molecule has 1 unspecified atom stereocenters. The van der Waals surface area contributed by atoms with E-state index in [2.05, 4.69) is 10.3 Å². The quantitative estimate of drug-likeness (QED) is 0.937. The van der Waals surface area contributed by atoms with Gasteiger partial charge in [0.2, 0.25) is 5.91 Å². The molecule has 5 nitrogen and oxygen atoms in total. The van der Waals surface area contributed by atoms with Gasteiger partial charge in [-0.15, -0.1) is 22.7 Å². The SMILES string of the molecule is O=C(Nc1nc(-c2cccs2)cs1)C1CCS(=O)(=O)C1. The van der Waals surface area contributed by atoms with Gasteiger partial charge in [-0.1, -0.05) is 6.07 Å². The molecule has 0 aromatic carbocycles. The van der Waals surface area contributed by atoms with Crippen LogP contribution in [0.3, 0.4) is 0 Å². The molecule has 3 rings (SSSR count). The summed E-state index contributed by atoms with van der Waals surface area (Å²) in [5, 5.41) is 7.08. The highest BCUT2D eigenvalue weighted by atomic mass is 32.2. The third-order valence-corrected chi connectivity index (χ3v) is 6.53. The Morgan fingerprint density at radius 3 is 2.90 bits per heavy atom. The molecule has 8 heteroatoms. The minimum Gasteiger partial charge on any atom is -0.302 e. The minimum atomic E-state index is -3.04. The van der Waals surface area contributed by atoms with Crippen LogP contribution in [0.2, 0.25) is 0 Å². The first-order valence-corrected chi connectivity index (χ1v) is 9.62. The Kier molecular flexibility index (Phi) is 3.61. The van der Waals surface area contributed by atoms with Gasteiger partial charge in [0, 0.05) is 5.38 Å². The van der Waals surface area contributed by atoms with Gasteiger partial charge < -0.3 is 5.32 Å². The first-order chi connectivity index (χ1) is 9.53. The van der Waals surface area contributed by atoms with Gasteiger partial charge >= 0.3 is 0 Å². The van der Waals surface area contributed by atoms with E-state index in [1.165, 1.54) is 11.3 Å². The number of nitrogens with zero attached hydrogens (tertiary/aromatic N) is 1. The zero-order valence-corrected chi connectivity index (χ0v) is 12.9. The van der Waals surface area contributed by atoms with Crippen molar-refractivity contribution < 1.29 is 13.2 Å². The molecular formula is C12H12N2O3S3. The van der Waals surface area contributed by atoms with Gasteiger partial charge in [0.1, 0.15) is 0 Å². The number of amides is 1. The van der Waals surface area contributed by atoms with E-state index in [0.717, 1.165) is 10.6 Å². The van der Waals surface area contributed by atoms with Gasteiger partial charge in [0.05, 0.1) is 28.0 Å². The Balaban J connectivity index is 1.68. The lowest BCUT2D eigenvalue weighted by Crippen LogP contribution is -2.23. The van der Waals surface area contributed by atoms with E-state index in [9.17, 15) is 13.2 Å². The average molecular weight is 328 g/mol. The summed E-state index contributed by atoms with van der Waals surface area (Å²) in [6.07, 6.45) is 0.400. The Bertz CT molecular complexity index is 719. The van der Waals surface area contributed by atoms with Crippen molar-refractivity contribution in [2.24, 2.45) is 5.92 Å². The molecule has 1 N–H and O–H groups in total. The average Bonchev–Trinajstić information content (AvgIpc) is 3.07. The minimum absolute atomic E-state index is 0.0536. The van der Waals surface area contributed by atoms with Crippen LogP contribution in [-0.4, -0.2) is 30.8 Å². The Hall–Kier alpha value is -1.25. The van der Waals surface area contributed by atoms with Crippen LogP contribution < -0.4 is 5.32 Å². The second-order valence-electron chi connectivity index (χ2n) is 4.60. The highest BCUT2D eigenvalue weighted by Gasteiger charge is 2.33. The second kappa shape index (κ2) is 5.27. The standard InChI is InChI=1S/C12H12N2O3S3/c15-11(8-3-5-20(16,17)7-8)14-12-13-9(6-19-12)10-2-1-4-18-10/h1-2,4,6,8H,3,5,7H2,(H,13,14,15). The molecule has 2 aromatic heterocycles. The zero-order chi connectivity index (χ0) is 14.2. The van der Waals surface area contributed by atoms with Crippen molar-refractivity contribution in [3.63, 3.8) is 0 Å². The fraction of sp³-hybridized carbons (Fsp3) is 0.333. The predicted octanol–water partition coefficient (Wildman–Crippen LogP) is 2.24. The van der Waals surface area contributed by atoms with Gasteiger partial charge in [-0.2, -0.15) is 0 Å². The lowest BCUT2D eigenvalue weighted by molar-refractivity contribution is -0.119. The Morgan fingerprint density at radius 1 is 1.40 bits per heavy atom. The van der Waals surface area contributed by atoms with Crippen molar-refractivity contribution in [2.75, 3.05) is 16.8 Å². The Labute approximate surface area is 124 Å². The van der Waals surface area contributed by atoms with Crippen molar-refractivity contribution in [2.45, 2.75) is 6.42 Å². The molecule has 1 fully saturated rings. The lowest BCUT2D eigenvalue weighted by Gasteiger charge is -2.06. The second-order valence-corrected chi connectivity index (χ2v) is 8.64. The number of carbonyl (C=O) groups is 1. The molecule has 0 spiro atoms. The lowest BCUT2D eigenvalue weighted by atomic mass is 10.1. The van der Waals surface area contributed by atoms with Crippen LogP contribution in [0.1, 0.15) is 6.42 Å². The van der Waals surface area contributed by atoms with E-state index < -0.39 is 15.8 Å². The molecule has 1 saturated heterocycles. The number of aromatic nitrogens is 1. The van der Waals surface area contributed by atoms with Gasteiger partial charge in [0.25, 0.3) is 0 Å². The molecule has 106 valence electrons. The molecule has 1 atom stereocenters. The Morgan fingerprint density at radius 2 is 2.25 bits per heavy atom. The summed E-state index contributed by atoms with van der Waals surface area (Å²) in [6, 6.07) is 3.91. The van der Waals surface area contributed by atoms with Gasteiger partial charge in [0.15, 0.2) is 15.0 Å². The topological polar surface area (TPSA) is 76.1 Å². The molecular weight excluding hydrogens is 316 g/mol. The summed E-state index contributed by atoms with van der Waals surface area (Å²) in [5.74, 6) is -0.655. The molecule has 0 saturated carbocycles. The van der Waals surface area contributed by atoms with Crippen molar-refractivity contribution in [1.29, 1.82) is 0 Å². The van der Waals surface area contributed by atoms with Crippen LogP contribution in [0.4, 0.5) is 5.13 Å². The number of hydrogen-bond acceptors (Lipinski definition) is 6. The van der Waals surface area contributed by atoms with Crippen LogP contribution in [-0.2, 0) is 14.6 Å². The molecule has 0 radical (unpaired) electrons. The van der Waals surface area contributed by atoms with Crippen molar-refractivity contribution in [3.05, 3.63) is 22.9 Å². The van der Waals surface area contributed by atoms with Crippen LogP contribution in [0.5, 0.6) is 0 Å². The molecule has 1 aliphatic rings. The van der Waals surface area contributed by atoms with E-state index in [1.807, 2.05) is 22.9 Å². The first kappa shape index (κ1) is 13.7. The molecule has 0 aliphatic carbocycles. The predicted molar refractivity (Wildman–Crippen MR) is 80.8 cm³/mol. The largest absolute Gasteiger partial charge is 0.302 e. The number of anilines is 1. The third-order valence-electron chi connectivity index (χ3n) is 3.11. The zero-order valence-electron chi connectivity index (χ0n) is 10.4. The molecule has 2 aromatic rings. The number of carbonyl (C=O) groups excluding carboxylic acids is 1. The maximum atomic E-state index is 12.0.